The molecule has 50 heavy (non-hydrogen) atoms. The molecule has 0 spiro atoms. The predicted octanol–water partition coefficient (Wildman–Crippen LogP) is 6.90. The fraction of sp³-hybridized carbons (Fsp3) is 0.472. The second-order valence-corrected chi connectivity index (χ2v) is 14.1. The lowest BCUT2D eigenvalue weighted by atomic mass is 9.92. The Bertz CT molecular complexity index is 1820. The number of benzene rings is 2. The molecule has 1 fully saturated rings. The summed E-state index contributed by atoms with van der Waals surface area (Å²) in [5.41, 5.74) is 0.589. The van der Waals surface area contributed by atoms with Crippen molar-refractivity contribution in [1.82, 2.24) is 19.7 Å². The smallest absolute Gasteiger partial charge is 0.444 e. The maximum absolute atomic E-state index is 16.4. The fourth-order valence-electron chi connectivity index (χ4n) is 6.18. The first-order chi connectivity index (χ1) is 23.3. The maximum Gasteiger partial charge on any atom is 0.573 e. The Balaban J connectivity index is 1.60. The van der Waals surface area contributed by atoms with Gasteiger partial charge in [0.1, 0.15) is 17.0 Å². The Morgan fingerprint density at radius 2 is 1.58 bits per heavy atom. The molecule has 0 bridgehead atoms. The third-order valence-corrected chi connectivity index (χ3v) is 8.57. The van der Waals surface area contributed by atoms with Gasteiger partial charge in [-0.15, -0.1) is 13.2 Å². The van der Waals surface area contributed by atoms with Crippen molar-refractivity contribution >= 4 is 40.1 Å². The van der Waals surface area contributed by atoms with Crippen molar-refractivity contribution in [2.75, 3.05) is 58.3 Å². The van der Waals surface area contributed by atoms with Gasteiger partial charge in [-0.3, -0.25) is 9.59 Å². The van der Waals surface area contributed by atoms with Gasteiger partial charge < -0.3 is 34.1 Å². The summed E-state index contributed by atoms with van der Waals surface area (Å²) in [6, 6.07) is 7.30. The molecule has 3 heterocycles. The average Bonchev–Trinajstić information content (AvgIpc) is 3.49. The predicted molar refractivity (Wildman–Crippen MR) is 182 cm³/mol. The lowest BCUT2D eigenvalue weighted by molar-refractivity contribution is -0.274. The molecule has 0 aliphatic carbocycles. The van der Waals surface area contributed by atoms with Crippen molar-refractivity contribution in [1.29, 1.82) is 0 Å². The van der Waals surface area contributed by atoms with Crippen LogP contribution in [0.25, 0.3) is 27.6 Å². The zero-order chi connectivity index (χ0) is 36.7. The Kier molecular flexibility index (Phi) is 10.1. The molecule has 1 N–H and O–H groups in total. The number of rotatable bonds is 6. The van der Waals surface area contributed by atoms with Gasteiger partial charge in [-0.1, -0.05) is 19.9 Å². The highest BCUT2D eigenvalue weighted by Crippen LogP contribution is 2.43. The summed E-state index contributed by atoms with van der Waals surface area (Å²) in [6.07, 6.45) is -3.24. The number of ether oxygens (including phenoxy) is 2. The number of amides is 3. The lowest BCUT2D eigenvalue weighted by Crippen LogP contribution is -2.50. The SMILES string of the molecule is CC(C)C(=O)N1CCC=C(c2cc(-c3ccc(N4CCN(C(=O)OC(C)(C)C)CC4)cc3OC(F)(F)F)c3cc(C(=O)N(C)C)[nH]c3c2F)C1. The van der Waals surface area contributed by atoms with Crippen LogP contribution in [0.2, 0.25) is 0 Å². The van der Waals surface area contributed by atoms with Crippen molar-refractivity contribution in [2.45, 2.75) is 53.0 Å². The van der Waals surface area contributed by atoms with E-state index in [4.69, 9.17) is 4.74 Å². The van der Waals surface area contributed by atoms with Gasteiger partial charge in [-0.25, -0.2) is 9.18 Å². The molecule has 0 saturated carbocycles. The highest BCUT2D eigenvalue weighted by Gasteiger charge is 2.34. The molecule has 14 heteroatoms. The molecular weight excluding hydrogens is 658 g/mol. The van der Waals surface area contributed by atoms with Gasteiger partial charge in [0.15, 0.2) is 5.82 Å². The van der Waals surface area contributed by atoms with E-state index in [-0.39, 0.29) is 51.7 Å². The number of carbonyl (C=O) groups excluding carboxylic acids is 3. The third-order valence-electron chi connectivity index (χ3n) is 8.57. The minimum atomic E-state index is -5.06. The topological polar surface area (TPSA) is 98.4 Å². The summed E-state index contributed by atoms with van der Waals surface area (Å²) in [5, 5.41) is 0.189. The van der Waals surface area contributed by atoms with Gasteiger partial charge in [0, 0.05) is 87.5 Å². The van der Waals surface area contributed by atoms with Gasteiger partial charge in [0.2, 0.25) is 5.91 Å². The Labute approximate surface area is 288 Å². The molecular formula is C36H43F4N5O5. The molecule has 0 atom stereocenters. The van der Waals surface area contributed by atoms with E-state index < -0.39 is 35.5 Å². The second-order valence-electron chi connectivity index (χ2n) is 14.1. The first kappa shape index (κ1) is 36.5. The van der Waals surface area contributed by atoms with Crippen LogP contribution in [-0.4, -0.2) is 103 Å². The van der Waals surface area contributed by atoms with Crippen LogP contribution < -0.4 is 9.64 Å². The highest BCUT2D eigenvalue weighted by molar-refractivity contribution is 6.05. The van der Waals surface area contributed by atoms with Crippen LogP contribution in [-0.2, 0) is 9.53 Å². The molecule has 0 unspecified atom stereocenters. The zero-order valence-electron chi connectivity index (χ0n) is 29.3. The van der Waals surface area contributed by atoms with Crippen LogP contribution in [0.5, 0.6) is 5.75 Å². The summed E-state index contributed by atoms with van der Waals surface area (Å²) in [7, 11) is 3.07. The number of hydrogen-bond donors (Lipinski definition) is 1. The molecule has 10 nitrogen and oxygen atoms in total. The van der Waals surface area contributed by atoms with E-state index in [2.05, 4.69) is 9.72 Å². The number of anilines is 1. The minimum absolute atomic E-state index is 0.0269. The lowest BCUT2D eigenvalue weighted by Gasteiger charge is -2.37. The first-order valence-corrected chi connectivity index (χ1v) is 16.5. The number of H-pyrrole nitrogens is 1. The largest absolute Gasteiger partial charge is 0.573 e. The van der Waals surface area contributed by atoms with Gasteiger partial charge in [-0.05, 0) is 62.6 Å². The summed E-state index contributed by atoms with van der Waals surface area (Å²) in [6.45, 7) is 10.7. The van der Waals surface area contributed by atoms with E-state index in [9.17, 15) is 27.6 Å². The van der Waals surface area contributed by atoms with E-state index in [1.807, 2.05) is 11.0 Å². The first-order valence-electron chi connectivity index (χ1n) is 16.5. The third kappa shape index (κ3) is 8.00. The van der Waals surface area contributed by atoms with Crippen molar-refractivity contribution < 1.29 is 41.4 Å². The van der Waals surface area contributed by atoms with E-state index in [0.29, 0.717) is 50.4 Å². The van der Waals surface area contributed by atoms with Gasteiger partial charge in [0.05, 0.1) is 5.52 Å². The number of carbonyl (C=O) groups is 3. The quantitative estimate of drug-likeness (QED) is 0.281. The zero-order valence-corrected chi connectivity index (χ0v) is 29.3. The van der Waals surface area contributed by atoms with Gasteiger partial charge >= 0.3 is 12.5 Å². The number of alkyl halides is 3. The van der Waals surface area contributed by atoms with Crippen molar-refractivity contribution in [3.05, 3.63) is 53.5 Å². The number of nitrogens with one attached hydrogen (secondary N) is 1. The van der Waals surface area contributed by atoms with E-state index in [0.717, 1.165) is 0 Å². The normalized spacial score (nSPS) is 15.8. The number of piperazine rings is 1. The molecule has 2 aliphatic heterocycles. The standard InChI is InChI=1S/C36H43F4N5O5/c1-21(2)32(46)45-12-8-9-22(20-45)25-18-26(27-19-28(33(47)42(6)7)41-31(27)30(25)37)24-11-10-23(17-29(24)49-36(38,39)40)43-13-15-44(16-14-43)34(48)50-35(3,4)5/h9-11,17-19,21,41H,8,12-16,20H2,1-7H3. The minimum Gasteiger partial charge on any atom is -0.444 e. The van der Waals surface area contributed by atoms with Crippen molar-refractivity contribution in [3.8, 4) is 16.9 Å². The van der Waals surface area contributed by atoms with Crippen LogP contribution in [0.3, 0.4) is 0 Å². The molecule has 5 rings (SSSR count). The van der Waals surface area contributed by atoms with Crippen LogP contribution in [0, 0.1) is 11.7 Å². The molecule has 1 saturated heterocycles. The monoisotopic (exact) mass is 701 g/mol. The maximum atomic E-state index is 16.4. The molecule has 3 aromatic rings. The molecule has 3 amide bonds. The van der Waals surface area contributed by atoms with E-state index in [1.165, 1.54) is 43.3 Å². The highest BCUT2D eigenvalue weighted by atomic mass is 19.4. The molecule has 0 radical (unpaired) electrons. The number of aromatic amines is 1. The number of nitrogens with zero attached hydrogens (tertiary/aromatic N) is 4. The molecule has 2 aliphatic rings. The number of halogens is 4. The Hall–Kier alpha value is -4.75. The van der Waals surface area contributed by atoms with Crippen LogP contribution in [0.4, 0.5) is 28.0 Å². The van der Waals surface area contributed by atoms with Crippen molar-refractivity contribution in [3.63, 3.8) is 0 Å². The molecule has 270 valence electrons. The van der Waals surface area contributed by atoms with E-state index in [1.54, 1.807) is 50.5 Å². The van der Waals surface area contributed by atoms with Gasteiger partial charge in [0.25, 0.3) is 5.91 Å². The summed E-state index contributed by atoms with van der Waals surface area (Å²) < 4.78 is 68.4. The number of aromatic nitrogens is 1. The molecule has 1 aromatic heterocycles. The Morgan fingerprint density at radius 1 is 0.900 bits per heavy atom. The number of fused-ring (bicyclic) bond motifs is 1. The Morgan fingerprint density at radius 3 is 2.18 bits per heavy atom. The van der Waals surface area contributed by atoms with E-state index >= 15 is 4.39 Å². The summed E-state index contributed by atoms with van der Waals surface area (Å²) in [4.78, 5) is 47.6. The van der Waals surface area contributed by atoms with Gasteiger partial charge in [-0.2, -0.15) is 0 Å². The molecule has 2 aromatic carbocycles. The van der Waals surface area contributed by atoms with Crippen LogP contribution >= 0.6 is 0 Å². The fourth-order valence-corrected chi connectivity index (χ4v) is 6.18. The number of hydrogen-bond acceptors (Lipinski definition) is 6. The van der Waals surface area contributed by atoms with Crippen LogP contribution in [0.15, 0.2) is 36.4 Å². The van der Waals surface area contributed by atoms with Crippen LogP contribution in [0.1, 0.15) is 57.1 Å². The summed E-state index contributed by atoms with van der Waals surface area (Å²) >= 11 is 0. The average molecular weight is 702 g/mol. The summed E-state index contributed by atoms with van der Waals surface area (Å²) in [5.74, 6) is -2.03. The van der Waals surface area contributed by atoms with Crippen molar-refractivity contribution in [2.24, 2.45) is 5.92 Å². The second kappa shape index (κ2) is 13.9.